The van der Waals surface area contributed by atoms with Crippen LogP contribution in [0.2, 0.25) is 0 Å². The highest BCUT2D eigenvalue weighted by Gasteiger charge is 2.15. The fourth-order valence-corrected chi connectivity index (χ4v) is 3.23. The molecule has 3 heteroatoms. The first-order valence-electron chi connectivity index (χ1n) is 7.87. The van der Waals surface area contributed by atoms with E-state index in [1.165, 1.54) is 11.1 Å². The van der Waals surface area contributed by atoms with Crippen LogP contribution in [0.4, 0.5) is 0 Å². The van der Waals surface area contributed by atoms with Crippen LogP contribution >= 0.6 is 11.8 Å². The van der Waals surface area contributed by atoms with Gasteiger partial charge in [0.2, 0.25) is 0 Å². The molecule has 0 spiro atoms. The van der Waals surface area contributed by atoms with E-state index in [0.717, 1.165) is 36.9 Å². The first kappa shape index (κ1) is 15.9. The molecule has 1 heterocycles. The van der Waals surface area contributed by atoms with Gasteiger partial charge in [-0.25, -0.2) is 0 Å². The topological polar surface area (TPSA) is 12.5 Å². The summed E-state index contributed by atoms with van der Waals surface area (Å²) in [5, 5.41) is 0. The van der Waals surface area contributed by atoms with Gasteiger partial charge in [-0.2, -0.15) is 0 Å². The summed E-state index contributed by atoms with van der Waals surface area (Å²) in [6.07, 6.45) is 2.11. The van der Waals surface area contributed by atoms with Gasteiger partial charge < -0.3 is 9.64 Å². The maximum atomic E-state index is 5.51. The maximum Gasteiger partial charge on any atom is 0.0886 e. The Morgan fingerprint density at radius 2 is 1.48 bits per heavy atom. The minimum atomic E-state index is 0.776. The summed E-state index contributed by atoms with van der Waals surface area (Å²) in [6.45, 7) is 3.37. The maximum absolute atomic E-state index is 5.51. The minimum absolute atomic E-state index is 0.776. The molecule has 1 fully saturated rings. The van der Waals surface area contributed by atoms with Gasteiger partial charge >= 0.3 is 0 Å². The summed E-state index contributed by atoms with van der Waals surface area (Å²) < 4.78 is 5.51. The van der Waals surface area contributed by atoms with E-state index in [1.54, 1.807) is 11.8 Å². The Bertz CT molecular complexity index is 684. The number of nitrogens with zero attached hydrogens (tertiary/aromatic N) is 1. The van der Waals surface area contributed by atoms with Crippen molar-refractivity contribution in [3.63, 3.8) is 0 Å². The van der Waals surface area contributed by atoms with Crippen LogP contribution in [0.15, 0.2) is 66.4 Å². The highest BCUT2D eigenvalue weighted by molar-refractivity contribution is 8.07. The van der Waals surface area contributed by atoms with Crippen LogP contribution in [0.5, 0.6) is 0 Å². The van der Waals surface area contributed by atoms with E-state index in [2.05, 4.69) is 71.5 Å². The molecule has 1 saturated heterocycles. The molecular weight excluding hydrogens is 302 g/mol. The van der Waals surface area contributed by atoms with Crippen molar-refractivity contribution in [3.05, 3.63) is 77.5 Å². The Morgan fingerprint density at radius 3 is 2.04 bits per heavy atom. The first-order valence-corrected chi connectivity index (χ1v) is 9.09. The Hall–Kier alpha value is -1.93. The lowest BCUT2D eigenvalue weighted by Gasteiger charge is -2.30. The van der Waals surface area contributed by atoms with Crippen molar-refractivity contribution in [1.29, 1.82) is 0 Å². The highest BCUT2D eigenvalue weighted by atomic mass is 32.2. The van der Waals surface area contributed by atoms with Gasteiger partial charge in [0.1, 0.15) is 0 Å². The van der Waals surface area contributed by atoms with Crippen LogP contribution in [-0.2, 0) is 4.74 Å². The SMILES string of the molecule is CSC(=C=C(c1ccccc1)N1CCOCC1)c1ccccc1. The quantitative estimate of drug-likeness (QED) is 0.776. The third-order valence-electron chi connectivity index (χ3n) is 3.85. The molecule has 0 unspecified atom stereocenters. The second kappa shape index (κ2) is 8.07. The third kappa shape index (κ3) is 4.08. The van der Waals surface area contributed by atoms with Crippen molar-refractivity contribution in [1.82, 2.24) is 4.90 Å². The smallest absolute Gasteiger partial charge is 0.0886 e. The van der Waals surface area contributed by atoms with Crippen molar-refractivity contribution in [3.8, 4) is 0 Å². The molecule has 118 valence electrons. The Morgan fingerprint density at radius 1 is 0.913 bits per heavy atom. The molecule has 0 N–H and O–H groups in total. The predicted molar refractivity (Wildman–Crippen MR) is 99.1 cm³/mol. The lowest BCUT2D eigenvalue weighted by atomic mass is 10.1. The lowest BCUT2D eigenvalue weighted by molar-refractivity contribution is 0.0640. The lowest BCUT2D eigenvalue weighted by Crippen LogP contribution is -2.34. The van der Waals surface area contributed by atoms with Crippen LogP contribution in [-0.4, -0.2) is 37.5 Å². The zero-order chi connectivity index (χ0) is 15.9. The molecule has 2 nitrogen and oxygen atoms in total. The fourth-order valence-electron chi connectivity index (χ4n) is 2.65. The molecule has 0 saturated carbocycles. The number of rotatable bonds is 4. The summed E-state index contributed by atoms with van der Waals surface area (Å²) in [4.78, 5) is 3.54. The first-order chi connectivity index (χ1) is 11.4. The van der Waals surface area contributed by atoms with E-state index in [1.807, 2.05) is 6.07 Å². The summed E-state index contributed by atoms with van der Waals surface area (Å²) in [7, 11) is 0. The second-order valence-corrected chi connectivity index (χ2v) is 6.15. The number of benzene rings is 2. The standard InChI is InChI=1S/C20H21NOS/c1-23-20(18-10-6-3-7-11-18)16-19(17-8-4-2-5-9-17)21-12-14-22-15-13-21/h2-11H,12-15H2,1H3. The van der Waals surface area contributed by atoms with Crippen LogP contribution in [0.25, 0.3) is 10.6 Å². The van der Waals surface area contributed by atoms with E-state index in [9.17, 15) is 0 Å². The third-order valence-corrected chi connectivity index (χ3v) is 4.59. The van der Waals surface area contributed by atoms with Crippen molar-refractivity contribution in [2.45, 2.75) is 0 Å². The number of thioether (sulfide) groups is 1. The summed E-state index contributed by atoms with van der Waals surface area (Å²) >= 11 is 1.74. The van der Waals surface area contributed by atoms with Gasteiger partial charge in [-0.05, 0) is 11.8 Å². The van der Waals surface area contributed by atoms with Crippen LogP contribution in [0.1, 0.15) is 11.1 Å². The van der Waals surface area contributed by atoms with Crippen molar-refractivity contribution >= 4 is 22.4 Å². The molecule has 2 aromatic rings. The molecule has 0 aliphatic carbocycles. The van der Waals surface area contributed by atoms with Gasteiger partial charge in [0.25, 0.3) is 0 Å². The Balaban J connectivity index is 2.10. The van der Waals surface area contributed by atoms with Crippen molar-refractivity contribution in [2.75, 3.05) is 32.6 Å². The van der Waals surface area contributed by atoms with Crippen molar-refractivity contribution < 1.29 is 4.74 Å². The second-order valence-electron chi connectivity index (χ2n) is 5.34. The van der Waals surface area contributed by atoms with E-state index >= 15 is 0 Å². The molecule has 3 rings (SSSR count). The monoisotopic (exact) mass is 323 g/mol. The number of hydrogen-bond acceptors (Lipinski definition) is 3. The van der Waals surface area contributed by atoms with Gasteiger partial charge in [-0.3, -0.25) is 0 Å². The zero-order valence-electron chi connectivity index (χ0n) is 13.4. The fraction of sp³-hybridized carbons (Fsp3) is 0.250. The average molecular weight is 323 g/mol. The molecule has 0 radical (unpaired) electrons. The molecule has 0 atom stereocenters. The summed E-state index contributed by atoms with van der Waals surface area (Å²) in [6, 6.07) is 21.0. The van der Waals surface area contributed by atoms with Crippen LogP contribution in [0, 0.1) is 0 Å². The van der Waals surface area contributed by atoms with E-state index < -0.39 is 0 Å². The summed E-state index contributed by atoms with van der Waals surface area (Å²) in [5.41, 5.74) is 7.24. The largest absolute Gasteiger partial charge is 0.378 e. The molecule has 1 aliphatic heterocycles. The van der Waals surface area contributed by atoms with Gasteiger partial charge in [-0.15, -0.1) is 11.8 Å². The zero-order valence-corrected chi connectivity index (χ0v) is 14.2. The molecule has 1 aliphatic rings. The van der Waals surface area contributed by atoms with Crippen molar-refractivity contribution in [2.24, 2.45) is 0 Å². The molecule has 0 amide bonds. The molecule has 2 aromatic carbocycles. The molecule has 0 aromatic heterocycles. The summed E-state index contributed by atoms with van der Waals surface area (Å²) in [5.74, 6) is 0. The highest BCUT2D eigenvalue weighted by Crippen LogP contribution is 2.27. The normalized spacial score (nSPS) is 14.2. The average Bonchev–Trinajstić information content (AvgIpc) is 2.65. The number of ether oxygens (including phenoxy) is 1. The van der Waals surface area contributed by atoms with E-state index in [0.29, 0.717) is 0 Å². The Labute approximate surface area is 142 Å². The van der Waals surface area contributed by atoms with Gasteiger partial charge in [0.05, 0.1) is 23.8 Å². The number of hydrogen-bond donors (Lipinski definition) is 0. The molecule has 23 heavy (non-hydrogen) atoms. The predicted octanol–water partition coefficient (Wildman–Crippen LogP) is 4.36. The van der Waals surface area contributed by atoms with Gasteiger partial charge in [0, 0.05) is 18.7 Å². The van der Waals surface area contributed by atoms with Crippen LogP contribution in [0.3, 0.4) is 0 Å². The van der Waals surface area contributed by atoms with E-state index in [-0.39, 0.29) is 0 Å². The molecular formula is C20H21NOS. The van der Waals surface area contributed by atoms with E-state index in [4.69, 9.17) is 4.74 Å². The molecule has 0 bridgehead atoms. The van der Waals surface area contributed by atoms with Crippen LogP contribution < -0.4 is 0 Å². The Kier molecular flexibility index (Phi) is 5.60. The number of morpholine rings is 1. The van der Waals surface area contributed by atoms with Gasteiger partial charge in [-0.1, -0.05) is 66.4 Å². The minimum Gasteiger partial charge on any atom is -0.378 e. The van der Waals surface area contributed by atoms with Gasteiger partial charge in [0.15, 0.2) is 0 Å².